The third kappa shape index (κ3) is 41.9. The molecule has 9 heteroatoms. The van der Waals surface area contributed by atoms with Crippen LogP contribution in [0.25, 0.3) is 0 Å². The number of amides is 1. The Balaban J connectivity index is 4.19. The van der Waals surface area contributed by atoms with Crippen molar-refractivity contribution in [2.75, 3.05) is 19.8 Å². The van der Waals surface area contributed by atoms with Gasteiger partial charge in [-0.25, -0.2) is 4.57 Å². The van der Waals surface area contributed by atoms with E-state index in [-0.39, 0.29) is 25.7 Å². The van der Waals surface area contributed by atoms with E-state index in [2.05, 4.69) is 79.9 Å². The van der Waals surface area contributed by atoms with Gasteiger partial charge in [0.05, 0.1) is 25.4 Å². The minimum Gasteiger partial charge on any atom is -0.387 e. The fraction of sp³-hybridized carbons (Fsp3) is 0.729. The monoisotopic (exact) mass is 819 g/mol. The topological polar surface area (TPSA) is 131 Å². The van der Waals surface area contributed by atoms with Gasteiger partial charge in [0.1, 0.15) is 0 Å². The molecular formula is C48H87N2O6P. The van der Waals surface area contributed by atoms with Crippen molar-refractivity contribution in [3.8, 4) is 0 Å². The van der Waals surface area contributed by atoms with E-state index in [1.807, 2.05) is 6.08 Å². The van der Waals surface area contributed by atoms with Gasteiger partial charge < -0.3 is 21.1 Å². The Morgan fingerprint density at radius 1 is 0.596 bits per heavy atom. The fourth-order valence-corrected chi connectivity index (χ4v) is 7.07. The van der Waals surface area contributed by atoms with E-state index >= 15 is 0 Å². The zero-order valence-electron chi connectivity index (χ0n) is 36.6. The molecule has 0 saturated heterocycles. The van der Waals surface area contributed by atoms with Crippen molar-refractivity contribution in [1.82, 2.24) is 5.32 Å². The summed E-state index contributed by atoms with van der Waals surface area (Å²) in [6.07, 6.45) is 56.7. The van der Waals surface area contributed by atoms with Crippen molar-refractivity contribution in [2.45, 2.75) is 206 Å². The SMILES string of the molecule is CC/C=C\C/C=C\C/C=C\C/C=C\CCCCCCCCCCCCC(=O)NC(COP(=O)(O)OCCN)C(O)/C=C/CC/C=C/CCCCCCCCCCC. The second-order valence-electron chi connectivity index (χ2n) is 15.2. The Labute approximate surface area is 350 Å². The number of aliphatic hydroxyl groups excluding tert-OH is 1. The largest absolute Gasteiger partial charge is 0.472 e. The predicted molar refractivity (Wildman–Crippen MR) is 244 cm³/mol. The lowest BCUT2D eigenvalue weighted by atomic mass is 10.0. The number of nitrogens with one attached hydrogen (secondary N) is 1. The third-order valence-electron chi connectivity index (χ3n) is 9.77. The van der Waals surface area contributed by atoms with Gasteiger partial charge in [0, 0.05) is 13.0 Å². The van der Waals surface area contributed by atoms with Crippen molar-refractivity contribution in [1.29, 1.82) is 0 Å². The van der Waals surface area contributed by atoms with E-state index in [0.717, 1.165) is 70.6 Å². The first kappa shape index (κ1) is 54.9. The highest BCUT2D eigenvalue weighted by Crippen LogP contribution is 2.43. The summed E-state index contributed by atoms with van der Waals surface area (Å²) in [5.41, 5.74) is 5.38. The maximum atomic E-state index is 12.8. The van der Waals surface area contributed by atoms with Gasteiger partial charge in [-0.05, 0) is 70.6 Å². The van der Waals surface area contributed by atoms with Gasteiger partial charge in [-0.2, -0.15) is 0 Å². The molecule has 57 heavy (non-hydrogen) atoms. The molecule has 0 aliphatic heterocycles. The number of unbranched alkanes of at least 4 members (excludes halogenated alkanes) is 20. The molecule has 5 N–H and O–H groups in total. The van der Waals surface area contributed by atoms with Gasteiger partial charge in [0.2, 0.25) is 5.91 Å². The number of hydrogen-bond donors (Lipinski definition) is 4. The third-order valence-corrected chi connectivity index (χ3v) is 10.8. The fourth-order valence-electron chi connectivity index (χ4n) is 6.31. The number of phosphoric acid groups is 1. The lowest BCUT2D eigenvalue weighted by Crippen LogP contribution is -2.45. The van der Waals surface area contributed by atoms with Crippen molar-refractivity contribution in [2.24, 2.45) is 5.73 Å². The Morgan fingerprint density at radius 2 is 1.04 bits per heavy atom. The molecule has 330 valence electrons. The molecule has 0 heterocycles. The highest BCUT2D eigenvalue weighted by atomic mass is 31.2. The molecule has 0 radical (unpaired) electrons. The average Bonchev–Trinajstić information content (AvgIpc) is 3.20. The van der Waals surface area contributed by atoms with Crippen molar-refractivity contribution in [3.63, 3.8) is 0 Å². The molecule has 0 aliphatic rings. The van der Waals surface area contributed by atoms with Gasteiger partial charge in [0.15, 0.2) is 0 Å². The molecule has 3 atom stereocenters. The van der Waals surface area contributed by atoms with E-state index in [1.165, 1.54) is 103 Å². The summed E-state index contributed by atoms with van der Waals surface area (Å²) in [5, 5.41) is 13.7. The van der Waals surface area contributed by atoms with Crippen LogP contribution in [0.3, 0.4) is 0 Å². The lowest BCUT2D eigenvalue weighted by molar-refractivity contribution is -0.123. The molecule has 0 bridgehead atoms. The first-order valence-corrected chi connectivity index (χ1v) is 24.6. The number of nitrogens with two attached hydrogens (primary N) is 1. The number of carbonyl (C=O) groups excluding carboxylic acids is 1. The molecule has 0 fully saturated rings. The standard InChI is InChI=1S/C48H87N2O6P/c1-3-5-7-9-11-13-15-17-19-20-21-22-23-24-25-26-28-30-32-34-36-38-40-42-48(52)50-46(45-56-57(53,54)55-44-43-49)47(51)41-39-37-35-33-31-29-27-18-16-14-12-10-8-6-4-2/h5,7,11,13,17,19,21-22,31,33,39,41,46-47,51H,3-4,6,8-10,12,14-16,18,20,23-30,32,34-38,40,42-45,49H2,1-2H3,(H,50,52)(H,53,54)/b7-5-,13-11-,19-17-,22-21-,33-31+,41-39+. The van der Waals surface area contributed by atoms with Crippen LogP contribution >= 0.6 is 7.82 Å². The maximum Gasteiger partial charge on any atom is 0.472 e. The normalized spacial score (nSPS) is 14.7. The van der Waals surface area contributed by atoms with E-state index in [9.17, 15) is 19.4 Å². The summed E-state index contributed by atoms with van der Waals surface area (Å²) in [5.74, 6) is -0.212. The number of rotatable bonds is 42. The van der Waals surface area contributed by atoms with Crippen LogP contribution in [0.4, 0.5) is 0 Å². The second-order valence-corrected chi connectivity index (χ2v) is 16.7. The van der Waals surface area contributed by atoms with Crippen LogP contribution in [0.2, 0.25) is 0 Å². The van der Waals surface area contributed by atoms with Gasteiger partial charge >= 0.3 is 7.82 Å². The number of carbonyl (C=O) groups is 1. The first-order valence-electron chi connectivity index (χ1n) is 23.1. The number of aliphatic hydroxyl groups is 1. The zero-order valence-corrected chi connectivity index (χ0v) is 37.4. The number of allylic oxidation sites excluding steroid dienone is 11. The van der Waals surface area contributed by atoms with E-state index in [4.69, 9.17) is 14.8 Å². The van der Waals surface area contributed by atoms with Gasteiger partial charge in [0.25, 0.3) is 0 Å². The van der Waals surface area contributed by atoms with Gasteiger partial charge in [-0.3, -0.25) is 13.8 Å². The summed E-state index contributed by atoms with van der Waals surface area (Å²) in [7, 11) is -4.35. The number of hydrogen-bond acceptors (Lipinski definition) is 6. The molecule has 0 aromatic heterocycles. The molecule has 0 rings (SSSR count). The lowest BCUT2D eigenvalue weighted by Gasteiger charge is -2.23. The zero-order chi connectivity index (χ0) is 41.8. The summed E-state index contributed by atoms with van der Waals surface area (Å²) in [6, 6.07) is -0.883. The van der Waals surface area contributed by atoms with E-state index < -0.39 is 20.0 Å². The van der Waals surface area contributed by atoms with Gasteiger partial charge in [-0.1, -0.05) is 189 Å². The van der Waals surface area contributed by atoms with Crippen LogP contribution < -0.4 is 11.1 Å². The molecule has 3 unspecified atom stereocenters. The Kier molecular flexibility index (Phi) is 41.9. The van der Waals surface area contributed by atoms with Crippen molar-refractivity contribution >= 4 is 13.7 Å². The maximum absolute atomic E-state index is 12.8. The number of phosphoric ester groups is 1. The minimum absolute atomic E-state index is 0.0703. The van der Waals surface area contributed by atoms with Crippen LogP contribution in [0.1, 0.15) is 194 Å². The highest BCUT2D eigenvalue weighted by molar-refractivity contribution is 7.47. The summed E-state index contributed by atoms with van der Waals surface area (Å²) in [4.78, 5) is 22.7. The van der Waals surface area contributed by atoms with Crippen LogP contribution in [0.15, 0.2) is 72.9 Å². The molecule has 0 aromatic rings. The molecule has 8 nitrogen and oxygen atoms in total. The van der Waals surface area contributed by atoms with Crippen LogP contribution in [0.5, 0.6) is 0 Å². The Morgan fingerprint density at radius 3 is 1.56 bits per heavy atom. The first-order chi connectivity index (χ1) is 27.9. The highest BCUT2D eigenvalue weighted by Gasteiger charge is 2.26. The summed E-state index contributed by atoms with van der Waals surface area (Å²) < 4.78 is 22.1. The van der Waals surface area contributed by atoms with Crippen molar-refractivity contribution in [3.05, 3.63) is 72.9 Å². The average molecular weight is 819 g/mol. The van der Waals surface area contributed by atoms with Crippen LogP contribution in [-0.4, -0.2) is 47.8 Å². The van der Waals surface area contributed by atoms with Crippen LogP contribution in [0, 0.1) is 0 Å². The molecule has 1 amide bonds. The molecular weight excluding hydrogens is 732 g/mol. The summed E-state index contributed by atoms with van der Waals surface area (Å²) in [6.45, 7) is 3.99. The summed E-state index contributed by atoms with van der Waals surface area (Å²) >= 11 is 0. The Bertz CT molecular complexity index is 1120. The molecule has 0 saturated carbocycles. The molecule has 0 aliphatic carbocycles. The molecule has 0 aromatic carbocycles. The van der Waals surface area contributed by atoms with Crippen LogP contribution in [-0.2, 0) is 18.4 Å². The quantitative estimate of drug-likeness (QED) is 0.0274. The smallest absolute Gasteiger partial charge is 0.387 e. The predicted octanol–water partition coefficient (Wildman–Crippen LogP) is 13.2. The molecule has 0 spiro atoms. The Hall–Kier alpha value is -2.06. The minimum atomic E-state index is -4.35. The van der Waals surface area contributed by atoms with Gasteiger partial charge in [-0.15, -0.1) is 0 Å². The second kappa shape index (κ2) is 43.5. The van der Waals surface area contributed by atoms with E-state index in [0.29, 0.717) is 6.42 Å². The van der Waals surface area contributed by atoms with Crippen molar-refractivity contribution < 1.29 is 28.4 Å². The van der Waals surface area contributed by atoms with E-state index in [1.54, 1.807) is 6.08 Å².